The quantitative estimate of drug-likeness (QED) is 0.486. The summed E-state index contributed by atoms with van der Waals surface area (Å²) in [6.45, 7) is 0. The molecule has 0 rings (SSSR count). The molecular weight excluding hydrogens is 156 g/mol. The Hall–Kier alpha value is -0.750. The Balaban J connectivity index is 3.91. The summed E-state index contributed by atoms with van der Waals surface area (Å²) in [5.74, 6) is 0. The maximum atomic E-state index is 9.86. The number of rotatable bonds is 4. The SMILES string of the molecule is CON/C(=C/[N+](=O)[O-])SC. The van der Waals surface area contributed by atoms with E-state index in [0.29, 0.717) is 5.03 Å². The monoisotopic (exact) mass is 164 g/mol. The molecule has 0 saturated heterocycles. The summed E-state index contributed by atoms with van der Waals surface area (Å²) in [7, 11) is 1.39. The van der Waals surface area contributed by atoms with Crippen LogP contribution in [0.25, 0.3) is 0 Å². The first-order chi connectivity index (χ1) is 4.70. The molecule has 58 valence electrons. The van der Waals surface area contributed by atoms with Gasteiger partial charge in [-0.15, -0.1) is 11.8 Å². The molecule has 0 saturated carbocycles. The number of nitro groups is 1. The third kappa shape index (κ3) is 4.16. The van der Waals surface area contributed by atoms with Crippen molar-refractivity contribution in [3.8, 4) is 0 Å². The summed E-state index contributed by atoms with van der Waals surface area (Å²) in [4.78, 5) is 13.8. The molecule has 0 heterocycles. The fourth-order valence-electron chi connectivity index (χ4n) is 0.317. The highest BCUT2D eigenvalue weighted by Crippen LogP contribution is 2.05. The second-order valence-electron chi connectivity index (χ2n) is 1.29. The van der Waals surface area contributed by atoms with Crippen LogP contribution in [0.2, 0.25) is 0 Å². The van der Waals surface area contributed by atoms with Crippen LogP contribution in [-0.2, 0) is 4.84 Å². The van der Waals surface area contributed by atoms with E-state index in [2.05, 4.69) is 10.3 Å². The molecule has 0 amide bonds. The lowest BCUT2D eigenvalue weighted by Gasteiger charge is -1.99. The van der Waals surface area contributed by atoms with Gasteiger partial charge in [-0.3, -0.25) is 20.4 Å². The minimum absolute atomic E-state index is 0.368. The highest BCUT2D eigenvalue weighted by Gasteiger charge is 1.97. The Kier molecular flexibility index (Phi) is 4.69. The van der Waals surface area contributed by atoms with Crippen LogP contribution in [0.5, 0.6) is 0 Å². The van der Waals surface area contributed by atoms with Crippen LogP contribution in [0.15, 0.2) is 11.2 Å². The molecule has 0 radical (unpaired) electrons. The molecule has 0 atom stereocenters. The van der Waals surface area contributed by atoms with Crippen molar-refractivity contribution in [3.63, 3.8) is 0 Å². The standard InChI is InChI=1S/C4H8N2O3S/c1-9-5-4(10-2)3-6(7)8/h3,5H,1-2H3/b4-3-. The van der Waals surface area contributed by atoms with Gasteiger partial charge in [0.25, 0.3) is 6.20 Å². The van der Waals surface area contributed by atoms with Gasteiger partial charge in [0, 0.05) is 0 Å². The van der Waals surface area contributed by atoms with Crippen molar-refractivity contribution in [2.24, 2.45) is 0 Å². The third-order valence-electron chi connectivity index (χ3n) is 0.645. The van der Waals surface area contributed by atoms with Gasteiger partial charge < -0.3 is 0 Å². The van der Waals surface area contributed by atoms with Gasteiger partial charge >= 0.3 is 0 Å². The van der Waals surface area contributed by atoms with Gasteiger partial charge in [-0.1, -0.05) is 0 Å². The molecule has 0 fully saturated rings. The smallest absolute Gasteiger partial charge is 0.266 e. The first-order valence-corrected chi connectivity index (χ1v) is 3.61. The molecule has 5 nitrogen and oxygen atoms in total. The van der Waals surface area contributed by atoms with Gasteiger partial charge in [-0.25, -0.2) is 0 Å². The molecule has 1 N–H and O–H groups in total. The third-order valence-corrected chi connectivity index (χ3v) is 1.27. The minimum atomic E-state index is -0.544. The Morgan fingerprint density at radius 1 is 1.90 bits per heavy atom. The molecule has 0 aliphatic heterocycles. The number of nitrogens with one attached hydrogen (secondary N) is 1. The van der Waals surface area contributed by atoms with Crippen molar-refractivity contribution in [1.29, 1.82) is 0 Å². The van der Waals surface area contributed by atoms with E-state index in [1.807, 2.05) is 0 Å². The van der Waals surface area contributed by atoms with Crippen LogP contribution < -0.4 is 5.48 Å². The van der Waals surface area contributed by atoms with Gasteiger partial charge in [0.2, 0.25) is 0 Å². The van der Waals surface area contributed by atoms with Crippen LogP contribution in [0.4, 0.5) is 0 Å². The maximum Gasteiger partial charge on any atom is 0.266 e. The van der Waals surface area contributed by atoms with Crippen molar-refractivity contribution in [2.45, 2.75) is 0 Å². The van der Waals surface area contributed by atoms with Crippen LogP contribution in [-0.4, -0.2) is 18.3 Å². The topological polar surface area (TPSA) is 64.4 Å². The zero-order chi connectivity index (χ0) is 7.98. The van der Waals surface area contributed by atoms with Crippen molar-refractivity contribution in [2.75, 3.05) is 13.4 Å². The summed E-state index contributed by atoms with van der Waals surface area (Å²) in [5, 5.41) is 10.2. The Morgan fingerprint density at radius 2 is 2.50 bits per heavy atom. The van der Waals surface area contributed by atoms with Gasteiger partial charge in [0.15, 0.2) is 5.03 Å². The average Bonchev–Trinajstić information content (AvgIpc) is 1.86. The molecule has 0 aliphatic rings. The summed E-state index contributed by atoms with van der Waals surface area (Å²) < 4.78 is 0. The van der Waals surface area contributed by atoms with E-state index in [4.69, 9.17) is 0 Å². The fourth-order valence-corrected chi connectivity index (χ4v) is 0.675. The molecular formula is C4H8N2O3S. The Morgan fingerprint density at radius 3 is 2.80 bits per heavy atom. The number of hydroxylamine groups is 1. The van der Waals surface area contributed by atoms with E-state index in [9.17, 15) is 10.1 Å². The molecule has 10 heavy (non-hydrogen) atoms. The predicted molar refractivity (Wildman–Crippen MR) is 38.7 cm³/mol. The number of hydrogen-bond acceptors (Lipinski definition) is 5. The lowest BCUT2D eigenvalue weighted by atomic mass is 10.9. The Labute approximate surface area is 62.5 Å². The largest absolute Gasteiger partial charge is 0.279 e. The van der Waals surface area contributed by atoms with E-state index < -0.39 is 4.92 Å². The zero-order valence-corrected chi connectivity index (χ0v) is 6.47. The number of thioether (sulfide) groups is 1. The minimum Gasteiger partial charge on any atom is -0.279 e. The highest BCUT2D eigenvalue weighted by molar-refractivity contribution is 8.02. The van der Waals surface area contributed by atoms with Gasteiger partial charge in [-0.05, 0) is 6.26 Å². The molecule has 0 unspecified atom stereocenters. The fraction of sp³-hybridized carbons (Fsp3) is 0.500. The Bertz CT molecular complexity index is 147. The van der Waals surface area contributed by atoms with Crippen molar-refractivity contribution < 1.29 is 9.76 Å². The van der Waals surface area contributed by atoms with E-state index >= 15 is 0 Å². The first-order valence-electron chi connectivity index (χ1n) is 2.39. The van der Waals surface area contributed by atoms with E-state index in [1.54, 1.807) is 6.26 Å². The predicted octanol–water partition coefficient (Wildman–Crippen LogP) is 0.576. The van der Waals surface area contributed by atoms with Gasteiger partial charge in [-0.2, -0.15) is 0 Å². The molecule has 6 heteroatoms. The van der Waals surface area contributed by atoms with E-state index in [1.165, 1.54) is 18.9 Å². The zero-order valence-electron chi connectivity index (χ0n) is 5.66. The summed E-state index contributed by atoms with van der Waals surface area (Å²) in [5.41, 5.74) is 2.35. The molecule has 0 aromatic carbocycles. The number of hydrogen-bond donors (Lipinski definition) is 1. The summed E-state index contributed by atoms with van der Waals surface area (Å²) in [6.07, 6.45) is 2.55. The lowest BCUT2D eigenvalue weighted by Crippen LogP contribution is -2.09. The first kappa shape index (κ1) is 9.25. The molecule has 0 aliphatic carbocycles. The second kappa shape index (κ2) is 5.07. The summed E-state index contributed by atoms with van der Waals surface area (Å²) in [6, 6.07) is 0. The van der Waals surface area contributed by atoms with Crippen molar-refractivity contribution in [1.82, 2.24) is 5.48 Å². The van der Waals surface area contributed by atoms with Crippen LogP contribution in [0, 0.1) is 10.1 Å². The van der Waals surface area contributed by atoms with Gasteiger partial charge in [0.1, 0.15) is 0 Å². The normalized spacial score (nSPS) is 11.2. The van der Waals surface area contributed by atoms with Crippen LogP contribution >= 0.6 is 11.8 Å². The van der Waals surface area contributed by atoms with Crippen molar-refractivity contribution in [3.05, 3.63) is 21.3 Å². The number of nitrogens with zero attached hydrogens (tertiary/aromatic N) is 1. The maximum absolute atomic E-state index is 9.86. The molecule has 0 aromatic heterocycles. The lowest BCUT2D eigenvalue weighted by molar-refractivity contribution is -0.403. The van der Waals surface area contributed by atoms with E-state index in [0.717, 1.165) is 6.20 Å². The van der Waals surface area contributed by atoms with E-state index in [-0.39, 0.29) is 0 Å². The highest BCUT2D eigenvalue weighted by atomic mass is 32.2. The van der Waals surface area contributed by atoms with Crippen LogP contribution in [0.3, 0.4) is 0 Å². The average molecular weight is 164 g/mol. The summed E-state index contributed by atoms with van der Waals surface area (Å²) >= 11 is 1.21. The van der Waals surface area contributed by atoms with Crippen molar-refractivity contribution >= 4 is 11.8 Å². The van der Waals surface area contributed by atoms with Gasteiger partial charge in [0.05, 0.1) is 12.0 Å². The molecule has 0 aromatic rings. The van der Waals surface area contributed by atoms with Crippen LogP contribution in [0.1, 0.15) is 0 Å². The second-order valence-corrected chi connectivity index (χ2v) is 2.14. The molecule has 0 bridgehead atoms. The molecule has 0 spiro atoms.